The zero-order valence-corrected chi connectivity index (χ0v) is 21.9. The van der Waals surface area contributed by atoms with Crippen LogP contribution in [0.15, 0.2) is 24.3 Å². The number of hydrogen-bond donors (Lipinski definition) is 2. The number of likely N-dealkylation sites (tertiary alicyclic amines) is 1. The van der Waals surface area contributed by atoms with Crippen LogP contribution in [0.4, 0.5) is 15.3 Å². The number of esters is 1. The van der Waals surface area contributed by atoms with Gasteiger partial charge in [0.05, 0.1) is 5.92 Å². The molecule has 1 aliphatic heterocycles. The Balaban J connectivity index is 2.26. The zero-order valence-electron chi connectivity index (χ0n) is 21.9. The van der Waals surface area contributed by atoms with Crippen molar-refractivity contribution in [3.63, 3.8) is 0 Å². The number of aliphatic hydroxyl groups excluding tert-OH is 1. The Kier molecular flexibility index (Phi) is 9.54. The first-order valence-corrected chi connectivity index (χ1v) is 12.2. The van der Waals surface area contributed by atoms with Gasteiger partial charge >= 0.3 is 18.1 Å². The van der Waals surface area contributed by atoms with Gasteiger partial charge in [-0.1, -0.05) is 12.1 Å². The maximum absolute atomic E-state index is 13.3. The molecule has 0 bridgehead atoms. The highest BCUT2D eigenvalue weighted by Gasteiger charge is 2.39. The number of urea groups is 1. The van der Waals surface area contributed by atoms with Gasteiger partial charge in [-0.3, -0.25) is 9.69 Å². The summed E-state index contributed by atoms with van der Waals surface area (Å²) in [6.07, 6.45) is 1.07. The minimum atomic E-state index is -0.645. The molecule has 9 heteroatoms. The maximum atomic E-state index is 13.3. The van der Waals surface area contributed by atoms with Crippen LogP contribution in [0.5, 0.6) is 0 Å². The van der Waals surface area contributed by atoms with Crippen LogP contribution in [0.25, 0.3) is 0 Å². The van der Waals surface area contributed by atoms with Crippen molar-refractivity contribution in [1.29, 1.82) is 0 Å². The lowest BCUT2D eigenvalue weighted by atomic mass is 9.85. The van der Waals surface area contributed by atoms with Crippen LogP contribution in [-0.2, 0) is 20.7 Å². The van der Waals surface area contributed by atoms with E-state index in [0.29, 0.717) is 38.0 Å². The van der Waals surface area contributed by atoms with Crippen molar-refractivity contribution in [1.82, 2.24) is 4.90 Å². The van der Waals surface area contributed by atoms with Gasteiger partial charge in [0.2, 0.25) is 0 Å². The van der Waals surface area contributed by atoms with E-state index in [9.17, 15) is 14.4 Å². The van der Waals surface area contributed by atoms with Gasteiger partial charge in [0.25, 0.3) is 0 Å². The van der Waals surface area contributed by atoms with Gasteiger partial charge in [-0.25, -0.2) is 9.59 Å². The number of benzene rings is 1. The summed E-state index contributed by atoms with van der Waals surface area (Å²) in [5.41, 5.74) is 5.76. The van der Waals surface area contributed by atoms with Crippen LogP contribution in [-0.4, -0.2) is 65.5 Å². The highest BCUT2D eigenvalue weighted by molar-refractivity contribution is 5.90. The SMILES string of the molecule is CC(C)(C)OC(=O)[C@@H](Cc1cccc(N(CCCO)C(N)=O)c1)[C@H]1CCN(C(=O)OC(C)(C)C)C1. The summed E-state index contributed by atoms with van der Waals surface area (Å²) >= 11 is 0. The predicted octanol–water partition coefficient (Wildman–Crippen LogP) is 3.71. The van der Waals surface area contributed by atoms with Crippen molar-refractivity contribution in [3.8, 4) is 0 Å². The molecule has 2 rings (SSSR count). The Morgan fingerprint density at radius 2 is 1.80 bits per heavy atom. The molecule has 0 unspecified atom stereocenters. The molecular weight excluding hydrogens is 450 g/mol. The monoisotopic (exact) mass is 491 g/mol. The van der Waals surface area contributed by atoms with Crippen molar-refractivity contribution in [2.45, 2.75) is 72.0 Å². The smallest absolute Gasteiger partial charge is 0.410 e. The first-order valence-electron chi connectivity index (χ1n) is 12.2. The fourth-order valence-electron chi connectivity index (χ4n) is 4.13. The van der Waals surface area contributed by atoms with E-state index in [0.717, 1.165) is 5.56 Å². The lowest BCUT2D eigenvalue weighted by Crippen LogP contribution is -2.38. The van der Waals surface area contributed by atoms with Crippen molar-refractivity contribution in [2.24, 2.45) is 17.6 Å². The molecule has 2 atom stereocenters. The summed E-state index contributed by atoms with van der Waals surface area (Å²) in [6.45, 7) is 12.1. The van der Waals surface area contributed by atoms with E-state index >= 15 is 0 Å². The minimum Gasteiger partial charge on any atom is -0.460 e. The summed E-state index contributed by atoms with van der Waals surface area (Å²) in [7, 11) is 0. The van der Waals surface area contributed by atoms with Crippen LogP contribution in [0.1, 0.15) is 59.9 Å². The summed E-state index contributed by atoms with van der Waals surface area (Å²) < 4.78 is 11.3. The third-order valence-corrected chi connectivity index (χ3v) is 5.64. The number of nitrogens with two attached hydrogens (primary N) is 1. The van der Waals surface area contributed by atoms with Crippen molar-refractivity contribution in [2.75, 3.05) is 31.1 Å². The lowest BCUT2D eigenvalue weighted by molar-refractivity contribution is -0.161. The minimum absolute atomic E-state index is 0.0555. The van der Waals surface area contributed by atoms with Gasteiger partial charge in [-0.15, -0.1) is 0 Å². The largest absolute Gasteiger partial charge is 0.460 e. The third kappa shape index (κ3) is 9.05. The number of rotatable bonds is 8. The maximum Gasteiger partial charge on any atom is 0.410 e. The molecule has 1 heterocycles. The van der Waals surface area contributed by atoms with Crippen LogP contribution in [0.3, 0.4) is 0 Å². The molecule has 196 valence electrons. The molecule has 1 saturated heterocycles. The molecule has 1 aromatic carbocycles. The highest BCUT2D eigenvalue weighted by Crippen LogP contribution is 2.31. The second-order valence-corrected chi connectivity index (χ2v) is 11.1. The molecular formula is C26H41N3O6. The summed E-state index contributed by atoms with van der Waals surface area (Å²) in [4.78, 5) is 40.8. The number of primary amides is 1. The Hall–Kier alpha value is -2.81. The molecule has 9 nitrogen and oxygen atoms in total. The van der Waals surface area contributed by atoms with Crippen LogP contribution < -0.4 is 10.6 Å². The number of aliphatic hydroxyl groups is 1. The molecule has 3 N–H and O–H groups in total. The van der Waals surface area contributed by atoms with E-state index in [-0.39, 0.29) is 31.1 Å². The average molecular weight is 492 g/mol. The van der Waals surface area contributed by atoms with Crippen LogP contribution >= 0.6 is 0 Å². The molecule has 0 aromatic heterocycles. The first-order chi connectivity index (χ1) is 16.2. The number of anilines is 1. The van der Waals surface area contributed by atoms with Crippen molar-refractivity contribution in [3.05, 3.63) is 29.8 Å². The van der Waals surface area contributed by atoms with E-state index in [1.165, 1.54) is 4.90 Å². The molecule has 1 aliphatic rings. The standard InChI is InChI=1S/C26H41N3O6/c1-25(2,3)34-22(31)21(19-11-13-28(17-19)24(33)35-26(4,5)6)16-18-9-7-10-20(15-18)29(23(27)32)12-8-14-30/h7,9-10,15,19,21,30H,8,11-14,16-17H2,1-6H3,(H2,27,32)/t19-,21-/m0/s1. The van der Waals surface area contributed by atoms with E-state index in [2.05, 4.69) is 0 Å². The first kappa shape index (κ1) is 28.4. The molecule has 1 aromatic rings. The Morgan fingerprint density at radius 1 is 1.14 bits per heavy atom. The second kappa shape index (κ2) is 11.7. The number of ether oxygens (including phenoxy) is 2. The van der Waals surface area contributed by atoms with Gasteiger partial charge in [0.1, 0.15) is 11.2 Å². The average Bonchev–Trinajstić information content (AvgIpc) is 3.20. The van der Waals surface area contributed by atoms with Gasteiger partial charge in [0.15, 0.2) is 0 Å². The van der Waals surface area contributed by atoms with E-state index in [1.54, 1.807) is 11.0 Å². The number of amides is 3. The molecule has 1 fully saturated rings. The summed E-state index contributed by atoms with van der Waals surface area (Å²) in [6, 6.07) is 6.71. The van der Waals surface area contributed by atoms with Gasteiger partial charge in [-0.2, -0.15) is 0 Å². The topological polar surface area (TPSA) is 122 Å². The number of nitrogens with zero attached hydrogens (tertiary/aromatic N) is 2. The molecule has 3 amide bonds. The molecule has 0 radical (unpaired) electrons. The van der Waals surface area contributed by atoms with Gasteiger partial charge in [0, 0.05) is 31.9 Å². The molecule has 0 saturated carbocycles. The normalized spacial score (nSPS) is 17.1. The van der Waals surface area contributed by atoms with Crippen molar-refractivity contribution < 1.29 is 29.0 Å². The number of carbonyl (C=O) groups is 3. The van der Waals surface area contributed by atoms with E-state index < -0.39 is 23.2 Å². The molecule has 0 spiro atoms. The summed E-state index contributed by atoms with van der Waals surface area (Å²) in [5, 5.41) is 9.15. The molecule has 0 aliphatic carbocycles. The zero-order chi connectivity index (χ0) is 26.4. The van der Waals surface area contributed by atoms with Gasteiger partial charge in [-0.05, 0) is 84.4 Å². The fourth-order valence-corrected chi connectivity index (χ4v) is 4.13. The Labute approximate surface area is 208 Å². The quantitative estimate of drug-likeness (QED) is 0.535. The van der Waals surface area contributed by atoms with Crippen LogP contribution in [0, 0.1) is 11.8 Å². The Morgan fingerprint density at radius 3 is 2.37 bits per heavy atom. The Bertz CT molecular complexity index is 890. The number of carbonyl (C=O) groups excluding carboxylic acids is 3. The second-order valence-electron chi connectivity index (χ2n) is 11.1. The number of hydrogen-bond acceptors (Lipinski definition) is 6. The lowest BCUT2D eigenvalue weighted by Gasteiger charge is -2.28. The van der Waals surface area contributed by atoms with Gasteiger partial charge < -0.3 is 25.2 Å². The fraction of sp³-hybridized carbons (Fsp3) is 0.654. The van der Waals surface area contributed by atoms with Crippen molar-refractivity contribution >= 4 is 23.8 Å². The highest BCUT2D eigenvalue weighted by atomic mass is 16.6. The van der Waals surface area contributed by atoms with Crippen LogP contribution in [0.2, 0.25) is 0 Å². The predicted molar refractivity (Wildman–Crippen MR) is 134 cm³/mol. The van der Waals surface area contributed by atoms with E-state index in [4.69, 9.17) is 20.3 Å². The van der Waals surface area contributed by atoms with E-state index in [1.807, 2.05) is 59.7 Å². The molecule has 35 heavy (non-hydrogen) atoms. The third-order valence-electron chi connectivity index (χ3n) is 5.64. The summed E-state index contributed by atoms with van der Waals surface area (Å²) in [5.74, 6) is -0.884.